The van der Waals surface area contributed by atoms with Gasteiger partial charge in [-0.1, -0.05) is 67.3 Å². The first-order valence-corrected chi connectivity index (χ1v) is 11.8. The molecule has 2 N–H and O–H groups in total. The van der Waals surface area contributed by atoms with Gasteiger partial charge in [-0.2, -0.15) is 0 Å². The lowest BCUT2D eigenvalue weighted by atomic mass is 10.1. The van der Waals surface area contributed by atoms with Crippen molar-refractivity contribution in [1.29, 1.82) is 0 Å². The Balaban J connectivity index is 1.85. The standard InChI is InChI=1S/C20H18N2O6S3/c1-2-15(19(24)25)28-16-11-7-6-8-13(16)12-17-18(23)22(20(29)30-17)21-31(26,27)14-9-4-3-5-10-14/h3-12,15,21H,2H2,1H3,(H,24,25)/b17-12+. The van der Waals surface area contributed by atoms with Gasteiger partial charge >= 0.3 is 5.97 Å². The summed E-state index contributed by atoms with van der Waals surface area (Å²) < 4.78 is 30.7. The lowest BCUT2D eigenvalue weighted by Crippen LogP contribution is -2.44. The topological polar surface area (TPSA) is 113 Å². The molecule has 1 aliphatic heterocycles. The number of benzene rings is 2. The first-order chi connectivity index (χ1) is 14.7. The molecule has 8 nitrogen and oxygen atoms in total. The van der Waals surface area contributed by atoms with Crippen molar-refractivity contribution in [3.63, 3.8) is 0 Å². The van der Waals surface area contributed by atoms with E-state index in [2.05, 4.69) is 4.83 Å². The average Bonchev–Trinajstić information content (AvgIpc) is 3.00. The largest absolute Gasteiger partial charge is 0.479 e. The number of amides is 1. The summed E-state index contributed by atoms with van der Waals surface area (Å²) >= 11 is 6.10. The Morgan fingerprint density at radius 2 is 1.87 bits per heavy atom. The number of nitrogens with one attached hydrogen (secondary N) is 1. The van der Waals surface area contributed by atoms with Gasteiger partial charge in [0.15, 0.2) is 10.4 Å². The highest BCUT2D eigenvalue weighted by Gasteiger charge is 2.35. The van der Waals surface area contributed by atoms with Crippen molar-refractivity contribution in [2.24, 2.45) is 0 Å². The number of hydrogen-bond acceptors (Lipinski definition) is 7. The molecule has 1 amide bonds. The number of carbonyl (C=O) groups excluding carboxylic acids is 1. The smallest absolute Gasteiger partial charge is 0.344 e. The normalized spacial score (nSPS) is 16.5. The Morgan fingerprint density at radius 1 is 1.23 bits per heavy atom. The van der Waals surface area contributed by atoms with E-state index in [1.165, 1.54) is 18.2 Å². The number of aliphatic carboxylic acids is 1. The van der Waals surface area contributed by atoms with Crippen LogP contribution < -0.4 is 9.57 Å². The van der Waals surface area contributed by atoms with Crippen LogP contribution in [0.3, 0.4) is 0 Å². The summed E-state index contributed by atoms with van der Waals surface area (Å²) in [6.45, 7) is 1.69. The van der Waals surface area contributed by atoms with E-state index >= 15 is 0 Å². The van der Waals surface area contributed by atoms with Gasteiger partial charge < -0.3 is 9.84 Å². The Bertz CT molecular complexity index is 1150. The zero-order valence-electron chi connectivity index (χ0n) is 16.2. The Hall–Kier alpha value is -2.73. The summed E-state index contributed by atoms with van der Waals surface area (Å²) in [5.74, 6) is -1.46. The highest BCUT2D eigenvalue weighted by atomic mass is 32.2. The highest BCUT2D eigenvalue weighted by molar-refractivity contribution is 8.26. The van der Waals surface area contributed by atoms with E-state index in [-0.39, 0.29) is 26.3 Å². The molecule has 1 heterocycles. The third-order valence-electron chi connectivity index (χ3n) is 4.18. The number of carboxylic acids is 1. The first kappa shape index (κ1) is 22.9. The lowest BCUT2D eigenvalue weighted by molar-refractivity contribution is -0.145. The number of thioether (sulfide) groups is 1. The van der Waals surface area contributed by atoms with Crippen LogP contribution in [0, 0.1) is 0 Å². The van der Waals surface area contributed by atoms with Crippen LogP contribution in [0.2, 0.25) is 0 Å². The van der Waals surface area contributed by atoms with Crippen LogP contribution in [0.5, 0.6) is 5.75 Å². The first-order valence-electron chi connectivity index (χ1n) is 9.07. The number of hydrogen-bond donors (Lipinski definition) is 2. The number of carbonyl (C=O) groups is 2. The molecule has 0 aliphatic carbocycles. The van der Waals surface area contributed by atoms with Crippen LogP contribution in [-0.4, -0.2) is 40.8 Å². The molecule has 1 aliphatic rings. The zero-order valence-corrected chi connectivity index (χ0v) is 18.7. The molecule has 1 fully saturated rings. The van der Waals surface area contributed by atoms with E-state index < -0.39 is 28.0 Å². The van der Waals surface area contributed by atoms with Crippen LogP contribution in [0.4, 0.5) is 0 Å². The summed E-state index contributed by atoms with van der Waals surface area (Å²) in [4.78, 5) is 26.5. The fourth-order valence-corrected chi connectivity index (χ4v) is 4.95. The number of carboxylic acid groups (broad SMARTS) is 1. The fraction of sp³-hybridized carbons (Fsp3) is 0.150. The molecule has 0 saturated carbocycles. The summed E-state index contributed by atoms with van der Waals surface area (Å²) in [5.41, 5.74) is 0.466. The zero-order chi connectivity index (χ0) is 22.6. The van der Waals surface area contributed by atoms with Gasteiger partial charge in [-0.25, -0.2) is 18.2 Å². The number of rotatable bonds is 8. The second-order valence-corrected chi connectivity index (χ2v) is 9.65. The van der Waals surface area contributed by atoms with Crippen LogP contribution >= 0.6 is 24.0 Å². The molecule has 0 bridgehead atoms. The quantitative estimate of drug-likeness (QED) is 0.440. The van der Waals surface area contributed by atoms with Crippen LogP contribution in [-0.2, 0) is 19.6 Å². The number of sulfonamides is 1. The SMILES string of the molecule is CCC(Oc1ccccc1/C=C1/SC(=S)N(NS(=O)(=O)c2ccccc2)C1=O)C(=O)O. The lowest BCUT2D eigenvalue weighted by Gasteiger charge is -2.16. The number of para-hydroxylation sites is 1. The van der Waals surface area contributed by atoms with Crippen molar-refractivity contribution in [1.82, 2.24) is 9.84 Å². The third kappa shape index (κ3) is 5.31. The van der Waals surface area contributed by atoms with Crippen molar-refractivity contribution in [3.8, 4) is 5.75 Å². The Morgan fingerprint density at radius 3 is 2.52 bits per heavy atom. The predicted octanol–water partition coefficient (Wildman–Crippen LogP) is 3.02. The molecule has 2 aromatic carbocycles. The predicted molar refractivity (Wildman–Crippen MR) is 121 cm³/mol. The summed E-state index contributed by atoms with van der Waals surface area (Å²) in [6, 6.07) is 14.2. The van der Waals surface area contributed by atoms with Crippen molar-refractivity contribution in [3.05, 3.63) is 65.1 Å². The Labute approximate surface area is 188 Å². The van der Waals surface area contributed by atoms with E-state index in [1.807, 2.05) is 0 Å². The molecule has 1 atom stereocenters. The van der Waals surface area contributed by atoms with Gasteiger partial charge in [0, 0.05) is 5.56 Å². The van der Waals surface area contributed by atoms with Crippen molar-refractivity contribution in [2.75, 3.05) is 0 Å². The molecule has 1 saturated heterocycles. The van der Waals surface area contributed by atoms with Gasteiger partial charge in [0.05, 0.1) is 9.80 Å². The van der Waals surface area contributed by atoms with Gasteiger partial charge in [-0.3, -0.25) is 4.79 Å². The summed E-state index contributed by atoms with van der Waals surface area (Å²) in [7, 11) is -4.01. The minimum Gasteiger partial charge on any atom is -0.479 e. The van der Waals surface area contributed by atoms with E-state index in [9.17, 15) is 23.1 Å². The molecule has 2 aromatic rings. The van der Waals surface area contributed by atoms with E-state index in [1.54, 1.807) is 49.4 Å². The highest BCUT2D eigenvalue weighted by Crippen LogP contribution is 2.34. The second kappa shape index (κ2) is 9.60. The summed E-state index contributed by atoms with van der Waals surface area (Å²) in [6.07, 6.45) is 0.703. The van der Waals surface area contributed by atoms with E-state index in [4.69, 9.17) is 17.0 Å². The molecular weight excluding hydrogens is 460 g/mol. The maximum Gasteiger partial charge on any atom is 0.344 e. The maximum absolute atomic E-state index is 12.8. The van der Waals surface area contributed by atoms with Gasteiger partial charge in [0.25, 0.3) is 15.9 Å². The molecule has 3 rings (SSSR count). The molecule has 31 heavy (non-hydrogen) atoms. The van der Waals surface area contributed by atoms with Gasteiger partial charge in [0.1, 0.15) is 5.75 Å². The van der Waals surface area contributed by atoms with Gasteiger partial charge in [-0.05, 0) is 30.7 Å². The molecule has 1 unspecified atom stereocenters. The van der Waals surface area contributed by atoms with Crippen LogP contribution in [0.1, 0.15) is 18.9 Å². The molecule has 0 spiro atoms. The molecule has 0 radical (unpaired) electrons. The summed E-state index contributed by atoms with van der Waals surface area (Å²) in [5, 5.41) is 10.0. The van der Waals surface area contributed by atoms with Crippen molar-refractivity contribution >= 4 is 56.3 Å². The van der Waals surface area contributed by atoms with Gasteiger partial charge in [-0.15, -0.1) is 4.83 Å². The number of nitrogens with zero attached hydrogens (tertiary/aromatic N) is 1. The van der Waals surface area contributed by atoms with E-state index in [0.29, 0.717) is 5.56 Å². The van der Waals surface area contributed by atoms with Crippen LogP contribution in [0.15, 0.2) is 64.4 Å². The average molecular weight is 479 g/mol. The number of thiocarbonyl (C=S) groups is 1. The molecule has 162 valence electrons. The number of hydrazine groups is 1. The van der Waals surface area contributed by atoms with Crippen molar-refractivity contribution < 1.29 is 27.9 Å². The monoisotopic (exact) mass is 478 g/mol. The fourth-order valence-electron chi connectivity index (χ4n) is 2.63. The van der Waals surface area contributed by atoms with Gasteiger partial charge in [0.2, 0.25) is 0 Å². The van der Waals surface area contributed by atoms with Crippen molar-refractivity contribution in [2.45, 2.75) is 24.3 Å². The number of ether oxygens (including phenoxy) is 1. The van der Waals surface area contributed by atoms with E-state index in [0.717, 1.165) is 16.8 Å². The molecular formula is C20H18N2O6S3. The molecule has 0 aromatic heterocycles. The minimum absolute atomic E-state index is 0.00828. The second-order valence-electron chi connectivity index (χ2n) is 6.32. The molecule has 11 heteroatoms. The van der Waals surface area contributed by atoms with Crippen LogP contribution in [0.25, 0.3) is 6.08 Å². The minimum atomic E-state index is -4.01. The maximum atomic E-state index is 12.8. The Kier molecular flexibility index (Phi) is 7.11. The third-order valence-corrected chi connectivity index (χ3v) is 6.80.